The summed E-state index contributed by atoms with van der Waals surface area (Å²) in [6.07, 6.45) is -0.181. The summed E-state index contributed by atoms with van der Waals surface area (Å²) in [5.41, 5.74) is 0. The van der Waals surface area contributed by atoms with Gasteiger partial charge in [0.25, 0.3) is 0 Å². The van der Waals surface area contributed by atoms with E-state index < -0.39 is 0 Å². The molecule has 0 aliphatic rings. The minimum atomic E-state index is -0.181. The number of hydrogen-bond donors (Lipinski definition) is 1. The molecule has 0 saturated carbocycles. The summed E-state index contributed by atoms with van der Waals surface area (Å²) in [7, 11) is 4.24. The summed E-state index contributed by atoms with van der Waals surface area (Å²) in [6.45, 7) is 5.87. The zero-order chi connectivity index (χ0) is 7.49. The molecule has 0 aliphatic heterocycles. The van der Waals surface area contributed by atoms with Crippen LogP contribution in [0.25, 0.3) is 0 Å². The fraction of sp³-hybridized carbons (Fsp3) is 1.00. The predicted molar refractivity (Wildman–Crippen MR) is 39.2 cm³/mol. The lowest BCUT2D eigenvalue weighted by atomic mass is 10.3. The van der Waals surface area contributed by atoms with Crippen LogP contribution in [0.2, 0.25) is 0 Å². The van der Waals surface area contributed by atoms with Crippen LogP contribution in [0.15, 0.2) is 0 Å². The van der Waals surface area contributed by atoms with E-state index >= 15 is 0 Å². The minimum Gasteiger partial charge on any atom is -1.00 e. The number of quaternary nitrogens is 1. The van der Waals surface area contributed by atoms with E-state index in [1.807, 2.05) is 6.92 Å². The zero-order valence-electron chi connectivity index (χ0n) is 7.26. The molecule has 1 atom stereocenters. The average Bonchev–Trinajstić information content (AvgIpc) is 1.63. The Kier molecular flexibility index (Phi) is 6.35. The molecule has 0 aromatic carbocycles. The molecule has 0 fully saturated rings. The molecule has 0 aromatic rings. The highest BCUT2D eigenvalue weighted by Crippen LogP contribution is 1.97. The first-order valence-electron chi connectivity index (χ1n) is 3.48. The largest absolute Gasteiger partial charge is 1.00 e. The van der Waals surface area contributed by atoms with Crippen molar-refractivity contribution >= 4 is 0 Å². The molecule has 0 heterocycles. The van der Waals surface area contributed by atoms with Gasteiger partial charge in [-0.25, -0.2) is 0 Å². The van der Waals surface area contributed by atoms with E-state index in [1.54, 1.807) is 0 Å². The lowest BCUT2D eigenvalue weighted by molar-refractivity contribution is -0.891. The maximum absolute atomic E-state index is 9.00. The van der Waals surface area contributed by atoms with Gasteiger partial charge in [-0.05, 0) is 13.8 Å². The molecule has 10 heavy (non-hydrogen) atoms. The van der Waals surface area contributed by atoms with Crippen LogP contribution in [0.1, 0.15) is 13.8 Å². The van der Waals surface area contributed by atoms with Gasteiger partial charge in [0.05, 0.1) is 20.6 Å². The Labute approximate surface area is 69.8 Å². The first-order valence-corrected chi connectivity index (χ1v) is 3.48. The van der Waals surface area contributed by atoms with Crippen molar-refractivity contribution in [1.82, 2.24) is 0 Å². The minimum absolute atomic E-state index is 0. The molecule has 0 rings (SSSR count). The SMILES string of the molecule is CC[N+](C)(C)CC(C)O.[Cl-]. The summed E-state index contributed by atoms with van der Waals surface area (Å²) in [5, 5.41) is 9.00. The number of halogens is 1. The smallest absolute Gasteiger partial charge is 0.104 e. The number of likely N-dealkylation sites (N-methyl/N-ethyl adjacent to an activating group) is 1. The molecule has 1 N–H and O–H groups in total. The van der Waals surface area contributed by atoms with E-state index in [9.17, 15) is 0 Å². The normalized spacial score (nSPS) is 14.1. The second kappa shape index (κ2) is 4.94. The average molecular weight is 168 g/mol. The Morgan fingerprint density at radius 1 is 1.40 bits per heavy atom. The molecule has 1 unspecified atom stereocenters. The summed E-state index contributed by atoms with van der Waals surface area (Å²) in [4.78, 5) is 0. The third-order valence-corrected chi connectivity index (χ3v) is 1.61. The Morgan fingerprint density at radius 2 is 1.80 bits per heavy atom. The third-order valence-electron chi connectivity index (χ3n) is 1.61. The van der Waals surface area contributed by atoms with Crippen LogP contribution in [0.3, 0.4) is 0 Å². The summed E-state index contributed by atoms with van der Waals surface area (Å²) >= 11 is 0. The van der Waals surface area contributed by atoms with Crippen LogP contribution in [0.5, 0.6) is 0 Å². The molecule has 0 aliphatic carbocycles. The number of nitrogens with zero attached hydrogens (tertiary/aromatic N) is 1. The summed E-state index contributed by atoms with van der Waals surface area (Å²) in [5.74, 6) is 0. The van der Waals surface area contributed by atoms with Crippen LogP contribution >= 0.6 is 0 Å². The fourth-order valence-corrected chi connectivity index (χ4v) is 0.844. The van der Waals surface area contributed by atoms with Gasteiger partial charge in [-0.1, -0.05) is 0 Å². The van der Waals surface area contributed by atoms with E-state index in [2.05, 4.69) is 21.0 Å². The molecule has 0 radical (unpaired) electrons. The maximum Gasteiger partial charge on any atom is 0.104 e. The van der Waals surface area contributed by atoms with Gasteiger partial charge in [-0.3, -0.25) is 0 Å². The van der Waals surface area contributed by atoms with E-state index in [1.165, 1.54) is 0 Å². The van der Waals surface area contributed by atoms with E-state index in [-0.39, 0.29) is 18.5 Å². The number of hydrogen-bond acceptors (Lipinski definition) is 1. The second-order valence-electron chi connectivity index (χ2n) is 3.28. The van der Waals surface area contributed by atoms with Gasteiger partial charge in [0.15, 0.2) is 0 Å². The molecular formula is C7H18ClNO. The van der Waals surface area contributed by atoms with Gasteiger partial charge in [-0.15, -0.1) is 0 Å². The highest BCUT2D eigenvalue weighted by atomic mass is 35.5. The van der Waals surface area contributed by atoms with Crippen molar-refractivity contribution < 1.29 is 22.0 Å². The number of rotatable bonds is 3. The Bertz CT molecular complexity index is 83.7. The standard InChI is InChI=1S/C7H18NO.ClH/c1-5-8(3,4)6-7(2)9;/h7,9H,5-6H2,1-4H3;1H/q+1;/p-1. The summed E-state index contributed by atoms with van der Waals surface area (Å²) < 4.78 is 0.900. The molecule has 0 amide bonds. The number of aliphatic hydroxyl groups excluding tert-OH is 1. The van der Waals surface area contributed by atoms with Crippen molar-refractivity contribution in [1.29, 1.82) is 0 Å². The van der Waals surface area contributed by atoms with Crippen LogP contribution < -0.4 is 12.4 Å². The monoisotopic (exact) mass is 167 g/mol. The van der Waals surface area contributed by atoms with Gasteiger partial charge >= 0.3 is 0 Å². The van der Waals surface area contributed by atoms with Gasteiger partial charge in [-0.2, -0.15) is 0 Å². The van der Waals surface area contributed by atoms with Crippen molar-refractivity contribution in [2.75, 3.05) is 27.2 Å². The van der Waals surface area contributed by atoms with Gasteiger partial charge in [0, 0.05) is 0 Å². The van der Waals surface area contributed by atoms with Crippen LogP contribution in [0, 0.1) is 0 Å². The molecule has 3 heteroatoms. The lowest BCUT2D eigenvalue weighted by Crippen LogP contribution is -3.00. The Morgan fingerprint density at radius 3 is 1.90 bits per heavy atom. The van der Waals surface area contributed by atoms with Crippen LogP contribution in [0.4, 0.5) is 0 Å². The van der Waals surface area contributed by atoms with Crippen molar-refractivity contribution in [3.63, 3.8) is 0 Å². The summed E-state index contributed by atoms with van der Waals surface area (Å²) in [6, 6.07) is 0. The van der Waals surface area contributed by atoms with Crippen molar-refractivity contribution in [2.45, 2.75) is 20.0 Å². The molecule has 2 nitrogen and oxygen atoms in total. The van der Waals surface area contributed by atoms with Gasteiger partial charge in [0.1, 0.15) is 12.6 Å². The Hall–Kier alpha value is 0.210. The lowest BCUT2D eigenvalue weighted by Gasteiger charge is -2.29. The fourth-order valence-electron chi connectivity index (χ4n) is 0.844. The first kappa shape index (κ1) is 12.8. The van der Waals surface area contributed by atoms with Gasteiger partial charge < -0.3 is 22.0 Å². The molecule has 0 saturated heterocycles. The molecule has 64 valence electrons. The number of aliphatic hydroxyl groups is 1. The molecule has 0 spiro atoms. The maximum atomic E-state index is 9.00. The topological polar surface area (TPSA) is 20.2 Å². The molecule has 0 bridgehead atoms. The first-order chi connectivity index (χ1) is 3.98. The Balaban J connectivity index is 0. The quantitative estimate of drug-likeness (QED) is 0.460. The molecule has 0 aromatic heterocycles. The van der Waals surface area contributed by atoms with Crippen LogP contribution in [-0.2, 0) is 0 Å². The van der Waals surface area contributed by atoms with E-state index in [0.717, 1.165) is 17.6 Å². The van der Waals surface area contributed by atoms with Gasteiger partial charge in [0.2, 0.25) is 0 Å². The van der Waals surface area contributed by atoms with Crippen molar-refractivity contribution in [2.24, 2.45) is 0 Å². The highest BCUT2D eigenvalue weighted by molar-refractivity contribution is 4.41. The second-order valence-corrected chi connectivity index (χ2v) is 3.28. The predicted octanol–water partition coefficient (Wildman–Crippen LogP) is -2.53. The van der Waals surface area contributed by atoms with E-state index in [4.69, 9.17) is 5.11 Å². The highest BCUT2D eigenvalue weighted by Gasteiger charge is 2.13. The van der Waals surface area contributed by atoms with Crippen molar-refractivity contribution in [3.8, 4) is 0 Å². The zero-order valence-corrected chi connectivity index (χ0v) is 8.02. The van der Waals surface area contributed by atoms with Crippen LogP contribution in [-0.4, -0.2) is 42.9 Å². The molecular weight excluding hydrogens is 150 g/mol. The van der Waals surface area contributed by atoms with Crippen molar-refractivity contribution in [3.05, 3.63) is 0 Å². The third kappa shape index (κ3) is 6.33. The van der Waals surface area contributed by atoms with E-state index in [0.29, 0.717) is 0 Å².